The summed E-state index contributed by atoms with van der Waals surface area (Å²) in [5, 5.41) is 14.3. The number of aromatic nitrogens is 3. The van der Waals surface area contributed by atoms with Gasteiger partial charge in [0.2, 0.25) is 23.5 Å². The molecule has 21 heavy (non-hydrogen) atoms. The number of carbonyl (C=O) groups excluding carboxylic acids is 1. The number of nitrogens with one attached hydrogen (secondary N) is 1. The highest BCUT2D eigenvalue weighted by Gasteiger charge is 2.18. The molecular weight excluding hydrogens is 284 g/mol. The Kier molecular flexibility index (Phi) is 3.97. The molecular formula is C11H10N4O6. The maximum absolute atomic E-state index is 11.9. The molecule has 0 fully saturated rings. The molecule has 110 valence electrons. The number of carboxylic acid groups (broad SMARTS) is 1. The third-order valence-electron chi connectivity index (χ3n) is 2.28. The van der Waals surface area contributed by atoms with E-state index in [2.05, 4.69) is 25.0 Å². The second-order valence-corrected chi connectivity index (χ2v) is 3.61. The molecule has 10 heteroatoms. The number of anilines is 1. The summed E-state index contributed by atoms with van der Waals surface area (Å²) in [6.07, 6.45) is 0. The molecule has 0 radical (unpaired) electrons. The molecule has 2 N–H and O–H groups in total. The van der Waals surface area contributed by atoms with Crippen LogP contribution in [0.4, 0.5) is 5.95 Å². The number of amides is 1. The third-order valence-corrected chi connectivity index (χ3v) is 2.28. The van der Waals surface area contributed by atoms with E-state index in [0.29, 0.717) is 0 Å². The van der Waals surface area contributed by atoms with E-state index in [0.717, 1.165) is 6.07 Å². The molecule has 0 aromatic carbocycles. The van der Waals surface area contributed by atoms with Crippen LogP contribution in [-0.4, -0.2) is 46.3 Å². The first-order valence-corrected chi connectivity index (χ1v) is 5.52. The van der Waals surface area contributed by atoms with Crippen molar-refractivity contribution >= 4 is 17.8 Å². The number of ether oxygens (including phenoxy) is 2. The fraction of sp³-hybridized carbons (Fsp3) is 0.182. The molecule has 0 aliphatic heterocycles. The molecule has 0 unspecified atom stereocenters. The Balaban J connectivity index is 2.20. The van der Waals surface area contributed by atoms with E-state index in [1.54, 1.807) is 0 Å². The van der Waals surface area contributed by atoms with Crippen LogP contribution < -0.4 is 14.8 Å². The van der Waals surface area contributed by atoms with E-state index in [1.807, 2.05) is 0 Å². The average molecular weight is 294 g/mol. The number of rotatable bonds is 5. The van der Waals surface area contributed by atoms with E-state index in [4.69, 9.17) is 14.6 Å². The van der Waals surface area contributed by atoms with Gasteiger partial charge in [0, 0.05) is 6.07 Å². The van der Waals surface area contributed by atoms with Crippen molar-refractivity contribution in [2.45, 2.75) is 0 Å². The zero-order valence-electron chi connectivity index (χ0n) is 11.0. The Labute approximate surface area is 117 Å². The van der Waals surface area contributed by atoms with Crippen LogP contribution in [0.5, 0.6) is 11.8 Å². The zero-order valence-corrected chi connectivity index (χ0v) is 11.0. The first-order chi connectivity index (χ1) is 10.0. The van der Waals surface area contributed by atoms with Crippen molar-refractivity contribution in [3.63, 3.8) is 0 Å². The van der Waals surface area contributed by atoms with Gasteiger partial charge in [0.05, 0.1) is 20.3 Å². The van der Waals surface area contributed by atoms with Gasteiger partial charge in [-0.05, 0) is 0 Å². The molecule has 0 aliphatic carbocycles. The predicted octanol–water partition coefficient (Wildman–Crippen LogP) is 0.432. The first kappa shape index (κ1) is 14.2. The van der Waals surface area contributed by atoms with E-state index in [-0.39, 0.29) is 23.4 Å². The number of methoxy groups -OCH3 is 2. The summed E-state index contributed by atoms with van der Waals surface area (Å²) in [5.74, 6) is -2.24. The number of carbonyl (C=O) groups is 2. The van der Waals surface area contributed by atoms with E-state index in [1.165, 1.54) is 20.3 Å². The lowest BCUT2D eigenvalue weighted by Crippen LogP contribution is -2.15. The lowest BCUT2D eigenvalue weighted by atomic mass is 10.3. The molecule has 0 aliphatic rings. The predicted molar refractivity (Wildman–Crippen MR) is 66.6 cm³/mol. The Morgan fingerprint density at radius 1 is 1.19 bits per heavy atom. The van der Waals surface area contributed by atoms with Crippen LogP contribution in [0.2, 0.25) is 0 Å². The largest absolute Gasteiger partial charge is 0.481 e. The van der Waals surface area contributed by atoms with Gasteiger partial charge < -0.3 is 19.1 Å². The minimum absolute atomic E-state index is 0.0870. The molecule has 2 heterocycles. The van der Waals surface area contributed by atoms with Gasteiger partial charge in [-0.15, -0.1) is 0 Å². The maximum Gasteiger partial charge on any atom is 0.374 e. The normalized spacial score (nSPS) is 10.0. The minimum Gasteiger partial charge on any atom is -0.481 e. The third kappa shape index (κ3) is 3.23. The lowest BCUT2D eigenvalue weighted by Gasteiger charge is -2.06. The van der Waals surface area contributed by atoms with Crippen LogP contribution in [-0.2, 0) is 0 Å². The smallest absolute Gasteiger partial charge is 0.374 e. The van der Waals surface area contributed by atoms with Gasteiger partial charge in [-0.25, -0.2) is 4.79 Å². The van der Waals surface area contributed by atoms with Gasteiger partial charge in [-0.3, -0.25) is 10.1 Å². The molecule has 2 aromatic heterocycles. The van der Waals surface area contributed by atoms with Gasteiger partial charge in [-0.2, -0.15) is 9.97 Å². The monoisotopic (exact) mass is 294 g/mol. The fourth-order valence-electron chi connectivity index (χ4n) is 1.32. The molecule has 0 saturated heterocycles. The molecule has 0 spiro atoms. The van der Waals surface area contributed by atoms with Crippen molar-refractivity contribution in [1.82, 2.24) is 15.1 Å². The topological polar surface area (TPSA) is 137 Å². The van der Waals surface area contributed by atoms with Crippen molar-refractivity contribution in [2.24, 2.45) is 0 Å². The van der Waals surface area contributed by atoms with E-state index < -0.39 is 17.6 Å². The lowest BCUT2D eigenvalue weighted by molar-refractivity contribution is 0.0651. The molecule has 1 amide bonds. The maximum atomic E-state index is 11.9. The number of hydrogen-bond donors (Lipinski definition) is 2. The highest BCUT2D eigenvalue weighted by Crippen LogP contribution is 2.17. The average Bonchev–Trinajstić information content (AvgIpc) is 2.97. The molecule has 0 bridgehead atoms. The quantitative estimate of drug-likeness (QED) is 0.804. The van der Waals surface area contributed by atoms with E-state index >= 15 is 0 Å². The van der Waals surface area contributed by atoms with Gasteiger partial charge in [0.1, 0.15) is 0 Å². The van der Waals surface area contributed by atoms with Crippen LogP contribution in [0.1, 0.15) is 21.0 Å². The number of aromatic carboxylic acids is 1. The fourth-order valence-corrected chi connectivity index (χ4v) is 1.32. The number of nitrogens with zero attached hydrogens (tertiary/aromatic N) is 3. The summed E-state index contributed by atoms with van der Waals surface area (Å²) in [7, 11) is 2.79. The standard InChI is InChI=1S/C11H10N4O6/c1-19-7-4-8(20-2)13-11(12-7)14-9(16)5-3-6(10(17)18)21-15-5/h3-4H,1-2H3,(H,17,18)(H,12,13,14,16). The van der Waals surface area contributed by atoms with Crippen LogP contribution in [0.25, 0.3) is 0 Å². The summed E-state index contributed by atoms with van der Waals surface area (Å²) in [6, 6.07) is 2.41. The van der Waals surface area contributed by atoms with Crippen LogP contribution in [0, 0.1) is 0 Å². The Morgan fingerprint density at radius 3 is 2.29 bits per heavy atom. The van der Waals surface area contributed by atoms with Gasteiger partial charge in [0.15, 0.2) is 5.69 Å². The highest BCUT2D eigenvalue weighted by atomic mass is 16.5. The molecule has 10 nitrogen and oxygen atoms in total. The van der Waals surface area contributed by atoms with Gasteiger partial charge in [0.25, 0.3) is 5.91 Å². The van der Waals surface area contributed by atoms with Gasteiger partial charge >= 0.3 is 5.97 Å². The Morgan fingerprint density at radius 2 is 1.81 bits per heavy atom. The van der Waals surface area contributed by atoms with Crippen LogP contribution in [0.3, 0.4) is 0 Å². The van der Waals surface area contributed by atoms with Crippen molar-refractivity contribution < 1.29 is 28.7 Å². The zero-order chi connectivity index (χ0) is 15.4. The minimum atomic E-state index is -1.33. The summed E-state index contributed by atoms with van der Waals surface area (Å²) in [4.78, 5) is 30.3. The Bertz CT molecular complexity index is 661. The molecule has 0 saturated carbocycles. The van der Waals surface area contributed by atoms with Gasteiger partial charge in [-0.1, -0.05) is 5.16 Å². The Hall–Kier alpha value is -3.17. The first-order valence-electron chi connectivity index (χ1n) is 5.52. The van der Waals surface area contributed by atoms with Crippen molar-refractivity contribution in [1.29, 1.82) is 0 Å². The van der Waals surface area contributed by atoms with E-state index in [9.17, 15) is 9.59 Å². The summed E-state index contributed by atoms with van der Waals surface area (Å²) in [6.45, 7) is 0. The van der Waals surface area contributed by atoms with Crippen LogP contribution >= 0.6 is 0 Å². The van der Waals surface area contributed by atoms with Crippen molar-refractivity contribution in [3.8, 4) is 11.8 Å². The van der Waals surface area contributed by atoms with Crippen molar-refractivity contribution in [3.05, 3.63) is 23.6 Å². The summed E-state index contributed by atoms with van der Waals surface area (Å²) >= 11 is 0. The van der Waals surface area contributed by atoms with Crippen molar-refractivity contribution in [2.75, 3.05) is 19.5 Å². The van der Waals surface area contributed by atoms with Crippen LogP contribution in [0.15, 0.2) is 16.7 Å². The highest BCUT2D eigenvalue weighted by molar-refractivity contribution is 6.02. The number of carboxylic acids is 1. The second-order valence-electron chi connectivity index (χ2n) is 3.61. The molecule has 2 rings (SSSR count). The second kappa shape index (κ2) is 5.86. The molecule has 0 atom stereocenters. The summed E-state index contributed by atoms with van der Waals surface area (Å²) < 4.78 is 14.3. The SMILES string of the molecule is COc1cc(OC)nc(NC(=O)c2cc(C(=O)O)on2)n1. The summed E-state index contributed by atoms with van der Waals surface area (Å²) in [5.41, 5.74) is -0.224. The molecule has 2 aromatic rings. The number of hydrogen-bond acceptors (Lipinski definition) is 8.